The molecule has 110 valence electrons. The van der Waals surface area contributed by atoms with Crippen LogP contribution in [0.5, 0.6) is 0 Å². The first-order chi connectivity index (χ1) is 10.1. The van der Waals surface area contributed by atoms with Gasteiger partial charge in [-0.05, 0) is 42.7 Å². The molecule has 6 heteroatoms. The van der Waals surface area contributed by atoms with E-state index in [0.29, 0.717) is 6.54 Å². The Balaban J connectivity index is 1.92. The molecule has 0 atom stereocenters. The van der Waals surface area contributed by atoms with Crippen molar-refractivity contribution in [3.63, 3.8) is 0 Å². The second kappa shape index (κ2) is 5.87. The van der Waals surface area contributed by atoms with Crippen LogP contribution in [0.4, 0.5) is 0 Å². The molecule has 1 fully saturated rings. The Morgan fingerprint density at radius 2 is 2.05 bits per heavy atom. The fraction of sp³-hybridized carbons (Fsp3) is 0.267. The van der Waals surface area contributed by atoms with Crippen molar-refractivity contribution in [2.24, 2.45) is 0 Å². The highest BCUT2D eigenvalue weighted by Crippen LogP contribution is 2.33. The summed E-state index contributed by atoms with van der Waals surface area (Å²) in [4.78, 5) is 4.18. The molecule has 0 spiro atoms. The van der Waals surface area contributed by atoms with Gasteiger partial charge in [0.15, 0.2) is 0 Å². The summed E-state index contributed by atoms with van der Waals surface area (Å²) >= 11 is 3.42. The van der Waals surface area contributed by atoms with Gasteiger partial charge in [0.2, 0.25) is 10.0 Å². The molecule has 4 nitrogen and oxygen atoms in total. The van der Waals surface area contributed by atoms with Gasteiger partial charge in [0.05, 0.1) is 0 Å². The Kier molecular flexibility index (Phi) is 4.10. The average Bonchev–Trinajstić information content (AvgIpc) is 3.30. The molecule has 1 aliphatic rings. The minimum atomic E-state index is -3.49. The number of halogens is 1. The zero-order valence-corrected chi connectivity index (χ0v) is 13.7. The van der Waals surface area contributed by atoms with E-state index in [1.165, 1.54) is 6.20 Å². The fourth-order valence-electron chi connectivity index (χ4n) is 2.22. The highest BCUT2D eigenvalue weighted by atomic mass is 79.9. The average molecular weight is 367 g/mol. The van der Waals surface area contributed by atoms with Gasteiger partial charge in [0, 0.05) is 29.5 Å². The van der Waals surface area contributed by atoms with E-state index in [-0.39, 0.29) is 10.9 Å². The predicted octanol–water partition coefficient (Wildman–Crippen LogP) is 3.20. The number of pyridine rings is 1. The van der Waals surface area contributed by atoms with Gasteiger partial charge in [0.1, 0.15) is 4.90 Å². The third kappa shape index (κ3) is 3.33. The van der Waals surface area contributed by atoms with Crippen LogP contribution >= 0.6 is 15.9 Å². The lowest BCUT2D eigenvalue weighted by molar-refractivity contribution is 0.398. The summed E-state index contributed by atoms with van der Waals surface area (Å²) in [6.45, 7) is 0.390. The van der Waals surface area contributed by atoms with Crippen LogP contribution in [0.15, 0.2) is 58.2 Å². The second-order valence-corrected chi connectivity index (χ2v) is 7.91. The maximum Gasteiger partial charge on any atom is 0.245 e. The molecule has 0 unspecified atom stereocenters. The van der Waals surface area contributed by atoms with Crippen LogP contribution in [0, 0.1) is 0 Å². The minimum Gasteiger partial charge on any atom is -0.263 e. The van der Waals surface area contributed by atoms with E-state index in [9.17, 15) is 8.42 Å². The normalized spacial score (nSPS) is 15.3. The third-order valence-corrected chi connectivity index (χ3v) is 5.80. The van der Waals surface area contributed by atoms with E-state index in [1.54, 1.807) is 22.6 Å². The summed E-state index contributed by atoms with van der Waals surface area (Å²) in [5.74, 6) is 0. The van der Waals surface area contributed by atoms with Gasteiger partial charge in [-0.25, -0.2) is 8.42 Å². The van der Waals surface area contributed by atoms with Crippen molar-refractivity contribution in [1.29, 1.82) is 0 Å². The maximum absolute atomic E-state index is 12.8. The number of sulfonamides is 1. The van der Waals surface area contributed by atoms with Crippen molar-refractivity contribution in [2.75, 3.05) is 0 Å². The standard InChI is InChI=1S/C15H15BrN2O2S/c16-13-4-1-3-12(9-13)11-18(14-6-7-14)21(19,20)15-5-2-8-17-10-15/h1-5,8-10,14H,6-7,11H2. The Morgan fingerprint density at radius 1 is 1.24 bits per heavy atom. The molecule has 1 heterocycles. The second-order valence-electron chi connectivity index (χ2n) is 5.10. The van der Waals surface area contributed by atoms with Crippen molar-refractivity contribution in [3.8, 4) is 0 Å². The van der Waals surface area contributed by atoms with E-state index in [1.807, 2.05) is 24.3 Å². The van der Waals surface area contributed by atoms with Gasteiger partial charge in [-0.2, -0.15) is 4.31 Å². The number of hydrogen-bond acceptors (Lipinski definition) is 3. The van der Waals surface area contributed by atoms with Gasteiger partial charge >= 0.3 is 0 Å². The van der Waals surface area contributed by atoms with Gasteiger partial charge in [-0.3, -0.25) is 4.98 Å². The number of aromatic nitrogens is 1. The van der Waals surface area contributed by atoms with Crippen molar-refractivity contribution < 1.29 is 8.42 Å². The minimum absolute atomic E-state index is 0.106. The molecular formula is C15H15BrN2O2S. The number of hydrogen-bond donors (Lipinski definition) is 0. The molecule has 0 aliphatic heterocycles. The van der Waals surface area contributed by atoms with Gasteiger partial charge in [0.25, 0.3) is 0 Å². The maximum atomic E-state index is 12.8. The lowest BCUT2D eigenvalue weighted by Crippen LogP contribution is -2.32. The molecule has 2 aromatic rings. The summed E-state index contributed by atoms with van der Waals surface area (Å²) in [6.07, 6.45) is 4.83. The van der Waals surface area contributed by atoms with E-state index in [2.05, 4.69) is 20.9 Å². The molecule has 0 N–H and O–H groups in total. The van der Waals surface area contributed by atoms with Crippen LogP contribution in [0.1, 0.15) is 18.4 Å². The summed E-state index contributed by atoms with van der Waals surface area (Å²) in [5.41, 5.74) is 0.976. The molecule has 0 bridgehead atoms. The van der Waals surface area contributed by atoms with Gasteiger partial charge < -0.3 is 0 Å². The molecular weight excluding hydrogens is 352 g/mol. The summed E-state index contributed by atoms with van der Waals surface area (Å²) in [6, 6.07) is 11.1. The molecule has 1 saturated carbocycles. The third-order valence-electron chi connectivity index (χ3n) is 3.42. The van der Waals surface area contributed by atoms with Crippen LogP contribution in [0.3, 0.4) is 0 Å². The Hall–Kier alpha value is -1.24. The predicted molar refractivity (Wildman–Crippen MR) is 84.1 cm³/mol. The van der Waals surface area contributed by atoms with E-state index >= 15 is 0 Å². The number of rotatable bonds is 5. The molecule has 0 saturated heterocycles. The number of nitrogens with zero attached hydrogens (tertiary/aromatic N) is 2. The lowest BCUT2D eigenvalue weighted by atomic mass is 10.2. The zero-order chi connectivity index (χ0) is 14.9. The van der Waals surface area contributed by atoms with Crippen molar-refractivity contribution in [1.82, 2.24) is 9.29 Å². The van der Waals surface area contributed by atoms with Crippen LogP contribution in [-0.2, 0) is 16.6 Å². The highest BCUT2D eigenvalue weighted by molar-refractivity contribution is 9.10. The molecule has 0 amide bonds. The molecule has 1 aromatic carbocycles. The Morgan fingerprint density at radius 3 is 2.67 bits per heavy atom. The first-order valence-corrected chi connectivity index (χ1v) is 8.97. The quantitative estimate of drug-likeness (QED) is 0.816. The van der Waals surface area contributed by atoms with E-state index in [4.69, 9.17) is 0 Å². The van der Waals surface area contributed by atoms with E-state index in [0.717, 1.165) is 22.9 Å². The lowest BCUT2D eigenvalue weighted by Gasteiger charge is -2.22. The van der Waals surface area contributed by atoms with Crippen LogP contribution in [0.25, 0.3) is 0 Å². The highest BCUT2D eigenvalue weighted by Gasteiger charge is 2.38. The molecule has 21 heavy (non-hydrogen) atoms. The van der Waals surface area contributed by atoms with Crippen molar-refractivity contribution >= 4 is 26.0 Å². The SMILES string of the molecule is O=S(=O)(c1cccnc1)N(Cc1cccc(Br)c1)C1CC1. The largest absolute Gasteiger partial charge is 0.263 e. The Bertz CT molecular complexity index is 730. The van der Waals surface area contributed by atoms with Gasteiger partial charge in [-0.15, -0.1) is 0 Å². The first kappa shape index (κ1) is 14.7. The van der Waals surface area contributed by atoms with Crippen LogP contribution in [-0.4, -0.2) is 23.7 Å². The molecule has 1 aliphatic carbocycles. The van der Waals surface area contributed by atoms with Crippen LogP contribution < -0.4 is 0 Å². The van der Waals surface area contributed by atoms with E-state index < -0.39 is 10.0 Å². The smallest absolute Gasteiger partial charge is 0.245 e. The van der Waals surface area contributed by atoms with Crippen molar-refractivity contribution in [3.05, 3.63) is 58.8 Å². The van der Waals surface area contributed by atoms with Crippen molar-refractivity contribution in [2.45, 2.75) is 30.3 Å². The molecule has 0 radical (unpaired) electrons. The fourth-order valence-corrected chi connectivity index (χ4v) is 4.31. The molecule has 1 aromatic heterocycles. The summed E-state index contributed by atoms with van der Waals surface area (Å²) < 4.78 is 28.1. The monoisotopic (exact) mass is 366 g/mol. The topological polar surface area (TPSA) is 50.3 Å². The summed E-state index contributed by atoms with van der Waals surface area (Å²) in [7, 11) is -3.49. The van der Waals surface area contributed by atoms with Gasteiger partial charge in [-0.1, -0.05) is 28.1 Å². The first-order valence-electron chi connectivity index (χ1n) is 6.74. The Labute approximate surface area is 133 Å². The summed E-state index contributed by atoms with van der Waals surface area (Å²) in [5, 5.41) is 0. The zero-order valence-electron chi connectivity index (χ0n) is 11.3. The molecule has 3 rings (SSSR count). The van der Waals surface area contributed by atoms with Crippen LogP contribution in [0.2, 0.25) is 0 Å². The number of benzene rings is 1.